The summed E-state index contributed by atoms with van der Waals surface area (Å²) in [5, 5.41) is 15.2. The lowest BCUT2D eigenvalue weighted by Crippen LogP contribution is -2.32. The number of nitrogens with zero attached hydrogens (tertiary/aromatic N) is 2. The first-order valence-corrected chi connectivity index (χ1v) is 7.97. The highest BCUT2D eigenvalue weighted by Gasteiger charge is 2.21. The first-order chi connectivity index (χ1) is 8.75. The third-order valence-electron chi connectivity index (χ3n) is 2.78. The van der Waals surface area contributed by atoms with E-state index in [1.807, 2.05) is 6.92 Å². The normalized spacial score (nSPS) is 18.1. The number of aromatic nitrogens is 2. The van der Waals surface area contributed by atoms with E-state index in [0.29, 0.717) is 0 Å². The number of thioether (sulfide) groups is 1. The molecular weight excluding hydrogens is 304 g/mol. The molecule has 0 radical (unpaired) electrons. The highest BCUT2D eigenvalue weighted by Crippen LogP contribution is 2.22. The zero-order chi connectivity index (χ0) is 12.8. The van der Waals surface area contributed by atoms with Gasteiger partial charge in [-0.2, -0.15) is 0 Å². The number of halogens is 1. The van der Waals surface area contributed by atoms with Gasteiger partial charge < -0.3 is 10.6 Å². The van der Waals surface area contributed by atoms with Crippen molar-refractivity contribution >= 4 is 41.4 Å². The van der Waals surface area contributed by atoms with Crippen LogP contribution >= 0.6 is 35.5 Å². The Kier molecular flexibility index (Phi) is 7.67. The van der Waals surface area contributed by atoms with Crippen LogP contribution in [0.5, 0.6) is 0 Å². The van der Waals surface area contributed by atoms with Crippen LogP contribution in [0.25, 0.3) is 0 Å². The molecule has 0 saturated carbocycles. The van der Waals surface area contributed by atoms with Crippen molar-refractivity contribution in [3.05, 3.63) is 5.01 Å². The molecule has 0 bridgehead atoms. The molecule has 0 aliphatic carbocycles. The molecule has 1 unspecified atom stereocenters. The fourth-order valence-electron chi connectivity index (χ4n) is 1.80. The number of carbonyl (C=O) groups is 1. The molecule has 1 atom stereocenters. The molecule has 1 aromatic heterocycles. The lowest BCUT2D eigenvalue weighted by Gasteiger charge is -2.09. The topological polar surface area (TPSA) is 66.9 Å². The maximum Gasteiger partial charge on any atom is 0.224 e. The van der Waals surface area contributed by atoms with Crippen molar-refractivity contribution in [3.8, 4) is 0 Å². The van der Waals surface area contributed by atoms with Gasteiger partial charge in [-0.05, 0) is 26.3 Å². The fourth-order valence-corrected chi connectivity index (χ4v) is 3.63. The molecule has 1 fully saturated rings. The van der Waals surface area contributed by atoms with Gasteiger partial charge in [0.15, 0.2) is 4.34 Å². The lowest BCUT2D eigenvalue weighted by molar-refractivity contribution is -0.124. The number of rotatable bonds is 6. The van der Waals surface area contributed by atoms with Crippen molar-refractivity contribution in [2.24, 2.45) is 5.92 Å². The van der Waals surface area contributed by atoms with E-state index in [2.05, 4.69) is 20.8 Å². The highest BCUT2D eigenvalue weighted by atomic mass is 35.5. The van der Waals surface area contributed by atoms with E-state index in [9.17, 15) is 4.79 Å². The number of carbonyl (C=O) groups excluding carboxylic acids is 1. The minimum atomic E-state index is 0. The predicted octanol–water partition coefficient (Wildman–Crippen LogP) is 1.48. The summed E-state index contributed by atoms with van der Waals surface area (Å²) >= 11 is 3.32. The van der Waals surface area contributed by atoms with Gasteiger partial charge in [0.1, 0.15) is 5.01 Å². The predicted molar refractivity (Wildman–Crippen MR) is 81.2 cm³/mol. The zero-order valence-corrected chi connectivity index (χ0v) is 13.3. The second-order valence-electron chi connectivity index (χ2n) is 4.27. The van der Waals surface area contributed by atoms with E-state index in [-0.39, 0.29) is 24.2 Å². The van der Waals surface area contributed by atoms with Crippen molar-refractivity contribution in [2.75, 3.05) is 25.4 Å². The average molecular weight is 323 g/mol. The molecule has 19 heavy (non-hydrogen) atoms. The molecule has 1 amide bonds. The van der Waals surface area contributed by atoms with E-state index in [1.165, 1.54) is 0 Å². The summed E-state index contributed by atoms with van der Waals surface area (Å²) in [4.78, 5) is 11.7. The van der Waals surface area contributed by atoms with Crippen molar-refractivity contribution in [3.63, 3.8) is 0 Å². The van der Waals surface area contributed by atoms with Crippen molar-refractivity contribution in [1.82, 2.24) is 20.8 Å². The van der Waals surface area contributed by atoms with Crippen LogP contribution in [0, 0.1) is 12.8 Å². The van der Waals surface area contributed by atoms with E-state index >= 15 is 0 Å². The first kappa shape index (κ1) is 16.7. The molecule has 2 heterocycles. The van der Waals surface area contributed by atoms with Gasteiger partial charge in [-0.15, -0.1) is 22.6 Å². The van der Waals surface area contributed by atoms with Gasteiger partial charge in [0, 0.05) is 18.8 Å². The Hall–Kier alpha value is -0.370. The summed E-state index contributed by atoms with van der Waals surface area (Å²) in [7, 11) is 0. The van der Waals surface area contributed by atoms with E-state index in [4.69, 9.17) is 0 Å². The number of amides is 1. The number of aryl methyl sites for hydroxylation is 1. The molecule has 8 heteroatoms. The SMILES string of the molecule is Cc1nnc(SCCCNC(=O)C2CCNC2)s1.Cl. The molecule has 1 aromatic rings. The van der Waals surface area contributed by atoms with Crippen LogP contribution in [0.4, 0.5) is 0 Å². The quantitative estimate of drug-likeness (QED) is 0.613. The summed E-state index contributed by atoms with van der Waals surface area (Å²) < 4.78 is 1.01. The summed E-state index contributed by atoms with van der Waals surface area (Å²) in [6, 6.07) is 0. The second kappa shape index (κ2) is 8.73. The number of hydrogen-bond donors (Lipinski definition) is 2. The van der Waals surface area contributed by atoms with Crippen LogP contribution in [-0.4, -0.2) is 41.5 Å². The summed E-state index contributed by atoms with van der Waals surface area (Å²) in [5.41, 5.74) is 0. The van der Waals surface area contributed by atoms with Crippen LogP contribution < -0.4 is 10.6 Å². The van der Waals surface area contributed by atoms with E-state index < -0.39 is 0 Å². The molecule has 5 nitrogen and oxygen atoms in total. The van der Waals surface area contributed by atoms with Gasteiger partial charge in [-0.25, -0.2) is 0 Å². The summed E-state index contributed by atoms with van der Waals surface area (Å²) in [6.45, 7) is 4.49. The van der Waals surface area contributed by atoms with Gasteiger partial charge in [0.2, 0.25) is 5.91 Å². The molecule has 0 spiro atoms. The molecule has 1 aliphatic rings. The van der Waals surface area contributed by atoms with Crippen LogP contribution in [0.2, 0.25) is 0 Å². The van der Waals surface area contributed by atoms with Crippen LogP contribution in [-0.2, 0) is 4.79 Å². The Morgan fingerprint density at radius 1 is 1.58 bits per heavy atom. The van der Waals surface area contributed by atoms with Crippen molar-refractivity contribution in [2.45, 2.75) is 24.1 Å². The molecule has 0 aromatic carbocycles. The smallest absolute Gasteiger partial charge is 0.224 e. The third-order valence-corrected chi connectivity index (χ3v) is 4.84. The minimum absolute atomic E-state index is 0. The zero-order valence-electron chi connectivity index (χ0n) is 10.8. The fraction of sp³-hybridized carbons (Fsp3) is 0.727. The maximum absolute atomic E-state index is 11.7. The van der Waals surface area contributed by atoms with E-state index in [0.717, 1.165) is 47.6 Å². The van der Waals surface area contributed by atoms with Gasteiger partial charge in [-0.1, -0.05) is 23.1 Å². The molecule has 2 rings (SSSR count). The first-order valence-electron chi connectivity index (χ1n) is 6.17. The number of hydrogen-bond acceptors (Lipinski definition) is 6. The van der Waals surface area contributed by atoms with Crippen LogP contribution in [0.15, 0.2) is 4.34 Å². The molecule has 108 valence electrons. The van der Waals surface area contributed by atoms with Crippen LogP contribution in [0.3, 0.4) is 0 Å². The Morgan fingerprint density at radius 2 is 2.42 bits per heavy atom. The Labute approximate surface area is 127 Å². The lowest BCUT2D eigenvalue weighted by atomic mass is 10.1. The number of nitrogens with one attached hydrogen (secondary N) is 2. The minimum Gasteiger partial charge on any atom is -0.356 e. The van der Waals surface area contributed by atoms with Gasteiger partial charge in [-0.3, -0.25) is 4.79 Å². The Bertz CT molecular complexity index is 396. The molecule has 1 saturated heterocycles. The Balaban J connectivity index is 0.00000180. The molecule has 1 aliphatic heterocycles. The average Bonchev–Trinajstić information content (AvgIpc) is 2.99. The summed E-state index contributed by atoms with van der Waals surface area (Å²) in [6.07, 6.45) is 1.93. The Morgan fingerprint density at radius 3 is 3.05 bits per heavy atom. The van der Waals surface area contributed by atoms with E-state index in [1.54, 1.807) is 23.1 Å². The maximum atomic E-state index is 11.7. The molecule has 2 N–H and O–H groups in total. The van der Waals surface area contributed by atoms with Crippen molar-refractivity contribution in [1.29, 1.82) is 0 Å². The van der Waals surface area contributed by atoms with Crippen LogP contribution in [0.1, 0.15) is 17.8 Å². The third kappa shape index (κ3) is 5.64. The highest BCUT2D eigenvalue weighted by molar-refractivity contribution is 8.01. The standard InChI is InChI=1S/C11H18N4OS2.ClH/c1-8-14-15-11(18-8)17-6-2-4-13-10(16)9-3-5-12-7-9;/h9,12H,2-7H2,1H3,(H,13,16);1H. The van der Waals surface area contributed by atoms with Gasteiger partial charge in [0.25, 0.3) is 0 Å². The van der Waals surface area contributed by atoms with Crippen molar-refractivity contribution < 1.29 is 4.79 Å². The van der Waals surface area contributed by atoms with Gasteiger partial charge >= 0.3 is 0 Å². The summed E-state index contributed by atoms with van der Waals surface area (Å²) in [5.74, 6) is 1.33. The van der Waals surface area contributed by atoms with Gasteiger partial charge in [0.05, 0.1) is 5.92 Å². The largest absolute Gasteiger partial charge is 0.356 e. The molecular formula is C11H19ClN4OS2. The monoisotopic (exact) mass is 322 g/mol. The second-order valence-corrected chi connectivity index (χ2v) is 6.79.